The molecule has 1 aliphatic carbocycles. The minimum atomic E-state index is -0.0210. The lowest BCUT2D eigenvalue weighted by Crippen LogP contribution is -2.25. The Morgan fingerprint density at radius 3 is 2.68 bits per heavy atom. The van der Waals surface area contributed by atoms with Gasteiger partial charge in [0.05, 0.1) is 0 Å². The number of rotatable bonds is 6. The van der Waals surface area contributed by atoms with Crippen molar-refractivity contribution in [2.75, 3.05) is 12.1 Å². The first-order valence-electron chi connectivity index (χ1n) is 9.12. The van der Waals surface area contributed by atoms with Gasteiger partial charge < -0.3 is 24.5 Å². The number of anilines is 1. The topological polar surface area (TPSA) is 98.5 Å². The van der Waals surface area contributed by atoms with Crippen LogP contribution < -0.4 is 20.1 Å². The van der Waals surface area contributed by atoms with Crippen LogP contribution in [0.5, 0.6) is 11.5 Å². The number of nitrogens with zero attached hydrogens (tertiary/aromatic N) is 2. The molecule has 1 aliphatic heterocycles. The van der Waals surface area contributed by atoms with E-state index in [0.717, 1.165) is 24.0 Å². The van der Waals surface area contributed by atoms with E-state index in [2.05, 4.69) is 20.8 Å². The van der Waals surface area contributed by atoms with Crippen LogP contribution in [0.15, 0.2) is 46.9 Å². The molecular formula is C20H18N4O4. The van der Waals surface area contributed by atoms with Gasteiger partial charge in [-0.1, -0.05) is 17.2 Å². The second-order valence-electron chi connectivity index (χ2n) is 6.78. The smallest absolute Gasteiger partial charge is 0.316 e. The Kier molecular flexibility index (Phi) is 4.08. The van der Waals surface area contributed by atoms with Crippen molar-refractivity contribution in [1.82, 2.24) is 15.5 Å². The van der Waals surface area contributed by atoms with Gasteiger partial charge in [0.1, 0.15) is 0 Å². The van der Waals surface area contributed by atoms with Gasteiger partial charge in [0.15, 0.2) is 11.5 Å². The Hall–Kier alpha value is -3.55. The number of hydrogen-bond donors (Lipinski definition) is 2. The van der Waals surface area contributed by atoms with E-state index in [1.165, 1.54) is 0 Å². The summed E-state index contributed by atoms with van der Waals surface area (Å²) in [5.74, 6) is 1.74. The Morgan fingerprint density at radius 2 is 1.86 bits per heavy atom. The molecule has 1 saturated carbocycles. The van der Waals surface area contributed by atoms with Crippen LogP contribution in [0.2, 0.25) is 0 Å². The first-order chi connectivity index (χ1) is 13.7. The average molecular weight is 378 g/mol. The molecule has 0 atom stereocenters. The van der Waals surface area contributed by atoms with Crippen molar-refractivity contribution in [2.24, 2.45) is 0 Å². The second kappa shape index (κ2) is 6.88. The maximum atomic E-state index is 12.0. The van der Waals surface area contributed by atoms with Crippen LogP contribution in [0.25, 0.3) is 11.5 Å². The van der Waals surface area contributed by atoms with E-state index in [4.69, 9.17) is 13.9 Å². The number of carbonyl (C=O) groups excluding carboxylic acids is 1. The molecule has 0 unspecified atom stereocenters. The van der Waals surface area contributed by atoms with Gasteiger partial charge in [0, 0.05) is 23.7 Å². The zero-order valence-electron chi connectivity index (χ0n) is 15.0. The molecule has 0 bridgehead atoms. The lowest BCUT2D eigenvalue weighted by Gasteiger charge is -2.05. The molecule has 0 radical (unpaired) electrons. The second-order valence-corrected chi connectivity index (χ2v) is 6.78. The molecule has 2 aliphatic rings. The molecule has 28 heavy (non-hydrogen) atoms. The highest BCUT2D eigenvalue weighted by Gasteiger charge is 2.23. The van der Waals surface area contributed by atoms with Gasteiger partial charge in [-0.05, 0) is 48.7 Å². The molecule has 1 amide bonds. The molecule has 0 spiro atoms. The van der Waals surface area contributed by atoms with Crippen LogP contribution >= 0.6 is 0 Å². The van der Waals surface area contributed by atoms with Crippen molar-refractivity contribution in [3.05, 3.63) is 53.6 Å². The number of fused-ring (bicyclic) bond motifs is 1. The predicted molar refractivity (Wildman–Crippen MR) is 100 cm³/mol. The number of carbonyl (C=O) groups is 1. The molecule has 142 valence electrons. The third kappa shape index (κ3) is 3.48. The number of aromatic nitrogens is 2. The van der Waals surface area contributed by atoms with E-state index in [-0.39, 0.29) is 12.7 Å². The maximum absolute atomic E-state index is 12.0. The van der Waals surface area contributed by atoms with Crippen molar-refractivity contribution in [1.29, 1.82) is 0 Å². The molecule has 2 heterocycles. The third-order valence-corrected chi connectivity index (χ3v) is 4.62. The number of hydrogen-bond acceptors (Lipinski definition) is 7. The van der Waals surface area contributed by atoms with E-state index >= 15 is 0 Å². The maximum Gasteiger partial charge on any atom is 0.316 e. The SMILES string of the molecule is O=C(NC1CC1)c1ccc(CNc2nnc(-c3ccc4c(c3)OCO4)o2)cc1. The van der Waals surface area contributed by atoms with Crippen LogP contribution in [0.3, 0.4) is 0 Å². The summed E-state index contributed by atoms with van der Waals surface area (Å²) in [7, 11) is 0. The molecule has 0 saturated heterocycles. The molecular weight excluding hydrogens is 360 g/mol. The molecule has 2 N–H and O–H groups in total. The van der Waals surface area contributed by atoms with Gasteiger partial charge >= 0.3 is 6.01 Å². The minimum Gasteiger partial charge on any atom is -0.454 e. The van der Waals surface area contributed by atoms with Crippen molar-refractivity contribution >= 4 is 11.9 Å². The summed E-state index contributed by atoms with van der Waals surface area (Å²) >= 11 is 0. The van der Waals surface area contributed by atoms with E-state index in [0.29, 0.717) is 41.6 Å². The summed E-state index contributed by atoms with van der Waals surface area (Å²) in [6.45, 7) is 0.726. The number of benzene rings is 2. The Labute approximate surface area is 160 Å². The van der Waals surface area contributed by atoms with Crippen LogP contribution in [0.4, 0.5) is 6.01 Å². The van der Waals surface area contributed by atoms with Crippen molar-refractivity contribution in [3.8, 4) is 23.0 Å². The van der Waals surface area contributed by atoms with E-state index in [1.807, 2.05) is 42.5 Å². The average Bonchev–Trinajstić information content (AvgIpc) is 3.21. The summed E-state index contributed by atoms with van der Waals surface area (Å²) in [5, 5.41) is 14.2. The lowest BCUT2D eigenvalue weighted by molar-refractivity contribution is 0.0951. The van der Waals surface area contributed by atoms with Crippen molar-refractivity contribution in [2.45, 2.75) is 25.4 Å². The van der Waals surface area contributed by atoms with Crippen LogP contribution in [0.1, 0.15) is 28.8 Å². The van der Waals surface area contributed by atoms with Crippen LogP contribution in [-0.4, -0.2) is 28.9 Å². The van der Waals surface area contributed by atoms with Gasteiger partial charge in [-0.3, -0.25) is 4.79 Å². The van der Waals surface area contributed by atoms with E-state index in [9.17, 15) is 4.79 Å². The van der Waals surface area contributed by atoms with Gasteiger partial charge in [-0.25, -0.2) is 0 Å². The van der Waals surface area contributed by atoms with Crippen LogP contribution in [-0.2, 0) is 6.54 Å². The Bertz CT molecular complexity index is 1010. The van der Waals surface area contributed by atoms with Gasteiger partial charge in [-0.15, -0.1) is 5.10 Å². The van der Waals surface area contributed by atoms with Crippen LogP contribution in [0, 0.1) is 0 Å². The van der Waals surface area contributed by atoms with Gasteiger partial charge in [0.2, 0.25) is 12.7 Å². The fourth-order valence-electron chi connectivity index (χ4n) is 2.89. The molecule has 8 nitrogen and oxygen atoms in total. The number of nitrogens with one attached hydrogen (secondary N) is 2. The standard InChI is InChI=1S/C20H18N4O4/c25-18(22-15-6-7-15)13-3-1-12(2-4-13)10-21-20-24-23-19(28-20)14-5-8-16-17(9-14)27-11-26-16/h1-5,8-9,15H,6-7,10-11H2,(H,21,24)(H,22,25). The summed E-state index contributed by atoms with van der Waals surface area (Å²) in [6.07, 6.45) is 2.15. The van der Waals surface area contributed by atoms with Crippen molar-refractivity contribution < 1.29 is 18.7 Å². The van der Waals surface area contributed by atoms with E-state index < -0.39 is 0 Å². The molecule has 2 aromatic carbocycles. The fourth-order valence-corrected chi connectivity index (χ4v) is 2.89. The largest absolute Gasteiger partial charge is 0.454 e. The highest BCUT2D eigenvalue weighted by molar-refractivity contribution is 5.94. The Balaban J connectivity index is 1.21. The third-order valence-electron chi connectivity index (χ3n) is 4.62. The first-order valence-corrected chi connectivity index (χ1v) is 9.12. The molecule has 3 aromatic rings. The zero-order chi connectivity index (χ0) is 18.9. The summed E-state index contributed by atoms with van der Waals surface area (Å²) in [5.41, 5.74) is 2.43. The predicted octanol–water partition coefficient (Wildman–Crippen LogP) is 2.97. The summed E-state index contributed by atoms with van der Waals surface area (Å²) in [4.78, 5) is 12.0. The highest BCUT2D eigenvalue weighted by Crippen LogP contribution is 2.35. The zero-order valence-corrected chi connectivity index (χ0v) is 15.0. The highest BCUT2D eigenvalue weighted by atomic mass is 16.7. The van der Waals surface area contributed by atoms with Gasteiger partial charge in [0.25, 0.3) is 5.91 Å². The number of amides is 1. The lowest BCUT2D eigenvalue weighted by atomic mass is 10.1. The van der Waals surface area contributed by atoms with Gasteiger partial charge in [-0.2, -0.15) is 0 Å². The Morgan fingerprint density at radius 1 is 1.04 bits per heavy atom. The first kappa shape index (κ1) is 16.6. The summed E-state index contributed by atoms with van der Waals surface area (Å²) < 4.78 is 16.3. The molecule has 1 fully saturated rings. The molecule has 8 heteroatoms. The molecule has 5 rings (SSSR count). The minimum absolute atomic E-state index is 0.0210. The van der Waals surface area contributed by atoms with Crippen molar-refractivity contribution in [3.63, 3.8) is 0 Å². The molecule has 1 aromatic heterocycles. The summed E-state index contributed by atoms with van der Waals surface area (Å²) in [6, 6.07) is 13.6. The number of ether oxygens (including phenoxy) is 2. The van der Waals surface area contributed by atoms with E-state index in [1.54, 1.807) is 0 Å². The fraction of sp³-hybridized carbons (Fsp3) is 0.250. The quantitative estimate of drug-likeness (QED) is 0.680. The normalized spacial score (nSPS) is 14.7. The monoisotopic (exact) mass is 378 g/mol.